The van der Waals surface area contributed by atoms with Gasteiger partial charge < -0.3 is 18.5 Å². The van der Waals surface area contributed by atoms with Crippen LogP contribution in [0.3, 0.4) is 0 Å². The quantitative estimate of drug-likeness (QED) is 0.0800. The Balaban J connectivity index is 1.33. The Morgan fingerprint density at radius 3 is 1.77 bits per heavy atom. The van der Waals surface area contributed by atoms with E-state index in [9.17, 15) is 4.79 Å². The Kier molecular flexibility index (Phi) is 15.2. The first-order chi connectivity index (χ1) is 31.2. The number of hydrogen-bond acceptors (Lipinski definition) is 6. The zero-order valence-electron chi connectivity index (χ0n) is 38.8. The van der Waals surface area contributed by atoms with E-state index in [-0.39, 0.29) is 23.5 Å². The average molecular weight is 924 g/mol. The minimum atomic E-state index is -2.84. The van der Waals surface area contributed by atoms with Crippen LogP contribution < -0.4 is 19.7 Å². The van der Waals surface area contributed by atoms with E-state index in [1.165, 1.54) is 15.3 Å². The molecule has 0 bridgehead atoms. The maximum absolute atomic E-state index is 15.9. The number of imide groups is 1. The summed E-state index contributed by atoms with van der Waals surface area (Å²) in [6.45, 7) is 14.4. The number of anilines is 1. The Morgan fingerprint density at radius 2 is 1.25 bits per heavy atom. The van der Waals surface area contributed by atoms with E-state index in [0.29, 0.717) is 30.9 Å². The molecule has 0 N–H and O–H groups in total. The minimum Gasteiger partial charge on any atom is -0.497 e. The third-order valence-corrected chi connectivity index (χ3v) is 20.1. The summed E-state index contributed by atoms with van der Waals surface area (Å²) in [4.78, 5) is 31.2. The van der Waals surface area contributed by atoms with E-state index in [4.69, 9.17) is 25.5 Å². The van der Waals surface area contributed by atoms with Gasteiger partial charge in [-0.05, 0) is 93.7 Å². The zero-order chi connectivity index (χ0) is 46.2. The van der Waals surface area contributed by atoms with Crippen LogP contribution in [0.5, 0.6) is 5.75 Å². The topological polar surface area (TPSA) is 68.3 Å². The van der Waals surface area contributed by atoms with Crippen molar-refractivity contribution in [3.63, 3.8) is 0 Å². The Labute approximate surface area is 393 Å². The predicted molar refractivity (Wildman–Crippen MR) is 270 cm³/mol. The largest absolute Gasteiger partial charge is 0.497 e. The number of halogens is 1. The second-order valence-corrected chi connectivity index (χ2v) is 28.6. The molecule has 7 rings (SSSR count). The molecule has 1 aliphatic rings. The Bertz CT molecular complexity index is 2410. The highest BCUT2D eigenvalue weighted by Crippen LogP contribution is 2.44. The van der Waals surface area contributed by atoms with E-state index in [0.717, 1.165) is 28.1 Å². The number of para-hydroxylation sites is 1. The van der Waals surface area contributed by atoms with Crippen molar-refractivity contribution in [2.24, 2.45) is 5.92 Å². The molecular formula is C55H63ClN2O5Si2. The van der Waals surface area contributed by atoms with Gasteiger partial charge in [0.1, 0.15) is 26.6 Å². The first-order valence-corrected chi connectivity index (χ1v) is 28.5. The summed E-state index contributed by atoms with van der Waals surface area (Å²) in [5.74, 6) is -0.199. The fourth-order valence-corrected chi connectivity index (χ4v) is 16.6. The molecule has 7 nitrogen and oxygen atoms in total. The molecule has 1 aliphatic heterocycles. The normalized spacial score (nSPS) is 15.8. The lowest BCUT2D eigenvalue weighted by molar-refractivity contribution is -0.134. The number of ether oxygens (including phenoxy) is 2. The van der Waals surface area contributed by atoms with Crippen molar-refractivity contribution < 1.29 is 23.5 Å². The molecule has 0 unspecified atom stereocenters. The summed E-state index contributed by atoms with van der Waals surface area (Å²) in [5.41, 5.74) is 3.98. The molecule has 65 heavy (non-hydrogen) atoms. The lowest BCUT2D eigenvalue weighted by Crippen LogP contribution is -2.66. The van der Waals surface area contributed by atoms with Crippen LogP contribution in [0.25, 0.3) is 0 Å². The van der Waals surface area contributed by atoms with Gasteiger partial charge in [-0.15, -0.1) is 0 Å². The predicted octanol–water partition coefficient (Wildman–Crippen LogP) is 12.6. The van der Waals surface area contributed by atoms with E-state index in [1.54, 1.807) is 7.11 Å². The number of nitrogens with zero attached hydrogens (tertiary/aromatic N) is 2. The van der Waals surface area contributed by atoms with Gasteiger partial charge in [0.15, 0.2) is 0 Å². The molecule has 6 aromatic carbocycles. The highest BCUT2D eigenvalue weighted by atomic mass is 35.5. The van der Waals surface area contributed by atoms with Crippen molar-refractivity contribution >= 4 is 56.2 Å². The molecule has 2 amide bonds. The first kappa shape index (κ1) is 47.5. The second kappa shape index (κ2) is 20.8. The monoisotopic (exact) mass is 922 g/mol. The van der Waals surface area contributed by atoms with Crippen molar-refractivity contribution in [3.05, 3.63) is 192 Å². The fourth-order valence-electron chi connectivity index (χ4n) is 9.81. The van der Waals surface area contributed by atoms with Crippen LogP contribution in [0.2, 0.25) is 29.7 Å². The lowest BCUT2D eigenvalue weighted by atomic mass is 9.82. The molecule has 4 atom stereocenters. The summed E-state index contributed by atoms with van der Waals surface area (Å²) < 4.78 is 21.4. The maximum Gasteiger partial charge on any atom is 0.417 e. The molecule has 338 valence electrons. The van der Waals surface area contributed by atoms with E-state index in [1.807, 2.05) is 60.7 Å². The summed E-state index contributed by atoms with van der Waals surface area (Å²) >= 11 is 6.53. The van der Waals surface area contributed by atoms with Crippen LogP contribution in [0.15, 0.2) is 170 Å². The van der Waals surface area contributed by atoms with Crippen LogP contribution in [-0.4, -0.2) is 53.8 Å². The molecule has 0 aliphatic carbocycles. The maximum atomic E-state index is 15.9. The van der Waals surface area contributed by atoms with Gasteiger partial charge in [-0.1, -0.05) is 185 Å². The van der Waals surface area contributed by atoms with E-state index < -0.39 is 40.6 Å². The molecular weight excluding hydrogens is 860 g/mol. The standard InChI is InChI=1S/C55H63ClN2O5Si2/c1-55(2,3)65(48-24-16-10-17-25-48,49-26-18-11-19-27-49)63-39-38-42(41-28-33-45(56)34-29-41)32-37-50(53(59)57-51(40-62-54(57)60)43-20-12-8-13-21-43)52(44-30-35-47(61-4)36-31-44)58(64(5,6)7)46-22-14-9-15-23-46/h8-31,33-36,42,50-52H,32,37-40H2,1-7H3/t42-,50+,51-,52+/m1/s1. The van der Waals surface area contributed by atoms with Gasteiger partial charge in [-0.3, -0.25) is 4.79 Å². The second-order valence-electron chi connectivity index (χ2n) is 19.0. The number of methoxy groups -OCH3 is 1. The lowest BCUT2D eigenvalue weighted by Gasteiger charge is -2.47. The fraction of sp³-hybridized carbons (Fsp3) is 0.309. The molecule has 10 heteroatoms. The number of carbonyl (C=O) groups is 2. The Hall–Kier alpha value is -5.46. The molecule has 1 saturated heterocycles. The highest BCUT2D eigenvalue weighted by molar-refractivity contribution is 6.99. The van der Waals surface area contributed by atoms with Gasteiger partial charge in [0.25, 0.3) is 8.32 Å². The highest BCUT2D eigenvalue weighted by Gasteiger charge is 2.51. The van der Waals surface area contributed by atoms with Crippen LogP contribution in [0.1, 0.15) is 74.7 Å². The molecule has 1 fully saturated rings. The van der Waals surface area contributed by atoms with E-state index in [2.05, 4.69) is 154 Å². The van der Waals surface area contributed by atoms with Gasteiger partial charge >= 0.3 is 6.09 Å². The SMILES string of the molecule is COc1ccc([C@@H]([C@H](CC[C@H](CCO[Si](c2ccccc2)(c2ccccc2)C(C)(C)C)c2ccc(Cl)cc2)C(=O)N2C(=O)OC[C@@H]2c2ccccc2)N(c2ccccc2)[Si](C)(C)C)cc1. The van der Waals surface area contributed by atoms with Crippen molar-refractivity contribution in [3.8, 4) is 5.75 Å². The number of carbonyl (C=O) groups excluding carboxylic acids is 2. The summed E-state index contributed by atoms with van der Waals surface area (Å²) in [6.07, 6.45) is 1.20. The minimum absolute atomic E-state index is 0.00944. The molecule has 6 aromatic rings. The molecule has 0 saturated carbocycles. The van der Waals surface area contributed by atoms with Crippen molar-refractivity contribution in [2.75, 3.05) is 24.9 Å². The average Bonchev–Trinajstić information content (AvgIpc) is 3.71. The summed E-state index contributed by atoms with van der Waals surface area (Å²) in [5, 5.41) is 2.93. The van der Waals surface area contributed by atoms with Crippen LogP contribution in [0.4, 0.5) is 10.5 Å². The van der Waals surface area contributed by atoms with Crippen molar-refractivity contribution in [1.29, 1.82) is 0 Å². The number of benzene rings is 6. The van der Waals surface area contributed by atoms with Crippen LogP contribution in [-0.2, 0) is 14.0 Å². The molecule has 0 radical (unpaired) electrons. The zero-order valence-corrected chi connectivity index (χ0v) is 41.6. The summed E-state index contributed by atoms with van der Waals surface area (Å²) in [7, 11) is -3.49. The number of cyclic esters (lactones) is 1. The van der Waals surface area contributed by atoms with Crippen molar-refractivity contribution in [2.45, 2.75) is 82.7 Å². The van der Waals surface area contributed by atoms with Gasteiger partial charge in [0.2, 0.25) is 5.91 Å². The molecule has 0 aromatic heterocycles. The number of amides is 2. The smallest absolute Gasteiger partial charge is 0.417 e. The van der Waals surface area contributed by atoms with Gasteiger partial charge in [-0.2, -0.15) is 0 Å². The van der Waals surface area contributed by atoms with Gasteiger partial charge in [-0.25, -0.2) is 9.69 Å². The number of hydrogen-bond donors (Lipinski definition) is 0. The van der Waals surface area contributed by atoms with Crippen molar-refractivity contribution in [1.82, 2.24) is 4.90 Å². The molecule has 1 heterocycles. The van der Waals surface area contributed by atoms with Crippen LogP contribution >= 0.6 is 11.6 Å². The Morgan fingerprint density at radius 1 is 0.723 bits per heavy atom. The first-order valence-electron chi connectivity index (χ1n) is 22.8. The molecule has 0 spiro atoms. The van der Waals surface area contributed by atoms with Crippen LogP contribution in [0, 0.1) is 5.92 Å². The number of rotatable bonds is 18. The van der Waals surface area contributed by atoms with E-state index >= 15 is 4.79 Å². The van der Waals surface area contributed by atoms with Gasteiger partial charge in [0, 0.05) is 17.3 Å². The summed E-state index contributed by atoms with van der Waals surface area (Å²) in [6, 6.07) is 56.8. The third kappa shape index (κ3) is 10.7. The van der Waals surface area contributed by atoms with Gasteiger partial charge in [0.05, 0.1) is 19.1 Å². The third-order valence-electron chi connectivity index (χ3n) is 12.9.